The first-order valence-electron chi connectivity index (χ1n) is 2.31. The zero-order valence-corrected chi connectivity index (χ0v) is 5.26. The Balaban J connectivity index is 3.24. The van der Waals surface area contributed by atoms with Gasteiger partial charge in [0.2, 0.25) is 0 Å². The Morgan fingerprint density at radius 3 is 2.12 bits per heavy atom. The summed E-state index contributed by atoms with van der Waals surface area (Å²) < 4.78 is 0. The third-order valence-corrected chi connectivity index (χ3v) is 0.357. The van der Waals surface area contributed by atoms with E-state index in [1.807, 2.05) is 20.8 Å². The van der Waals surface area contributed by atoms with Crippen molar-refractivity contribution in [1.82, 2.24) is 5.48 Å². The van der Waals surface area contributed by atoms with Crippen LogP contribution < -0.4 is 5.48 Å². The molecule has 0 unspecified atom stereocenters. The van der Waals surface area contributed by atoms with E-state index in [1.165, 1.54) is 6.47 Å². The van der Waals surface area contributed by atoms with Crippen molar-refractivity contribution in [3.8, 4) is 0 Å². The SMILES string of the molecule is CC(C)(C)[N]O[C]=O. The summed E-state index contributed by atoms with van der Waals surface area (Å²) in [6, 6.07) is 0. The maximum absolute atomic E-state index is 9.41. The summed E-state index contributed by atoms with van der Waals surface area (Å²) >= 11 is 0. The fourth-order valence-corrected chi connectivity index (χ4v) is 0.156. The number of hydrogen-bond donors (Lipinski definition) is 0. The first kappa shape index (κ1) is 7.43. The maximum Gasteiger partial charge on any atom is 0.439 e. The lowest BCUT2D eigenvalue weighted by atomic mass is 10.1. The van der Waals surface area contributed by atoms with Crippen LogP contribution in [0.2, 0.25) is 0 Å². The molecule has 0 aliphatic carbocycles. The van der Waals surface area contributed by atoms with E-state index >= 15 is 0 Å². The highest BCUT2D eigenvalue weighted by Crippen LogP contribution is 1.98. The molecule has 0 aliphatic heterocycles. The number of hydroxylamine groups is 1. The topological polar surface area (TPSA) is 40.4 Å². The van der Waals surface area contributed by atoms with Gasteiger partial charge in [-0.1, -0.05) is 0 Å². The first-order valence-corrected chi connectivity index (χ1v) is 2.31. The van der Waals surface area contributed by atoms with E-state index in [0.29, 0.717) is 0 Å². The van der Waals surface area contributed by atoms with Gasteiger partial charge in [-0.05, 0) is 26.3 Å². The molecular weight excluding hydrogens is 106 g/mol. The Morgan fingerprint density at radius 1 is 1.50 bits per heavy atom. The largest absolute Gasteiger partial charge is 0.439 e. The van der Waals surface area contributed by atoms with Gasteiger partial charge < -0.3 is 4.84 Å². The van der Waals surface area contributed by atoms with Gasteiger partial charge in [0.25, 0.3) is 0 Å². The maximum atomic E-state index is 9.41. The van der Waals surface area contributed by atoms with Crippen LogP contribution in [0, 0.1) is 0 Å². The van der Waals surface area contributed by atoms with E-state index in [9.17, 15) is 4.79 Å². The molecule has 0 aromatic heterocycles. The van der Waals surface area contributed by atoms with Crippen molar-refractivity contribution in [3.63, 3.8) is 0 Å². The average Bonchev–Trinajstić information content (AvgIpc) is 1.59. The van der Waals surface area contributed by atoms with E-state index in [-0.39, 0.29) is 5.54 Å². The molecule has 0 saturated heterocycles. The van der Waals surface area contributed by atoms with Crippen LogP contribution in [0.25, 0.3) is 0 Å². The van der Waals surface area contributed by atoms with Crippen LogP contribution in [0.4, 0.5) is 0 Å². The molecule has 0 aromatic carbocycles. The highest BCUT2D eigenvalue weighted by Gasteiger charge is 2.11. The molecule has 0 bridgehead atoms. The van der Waals surface area contributed by atoms with E-state index in [2.05, 4.69) is 10.3 Å². The van der Waals surface area contributed by atoms with Crippen LogP contribution in [0.15, 0.2) is 0 Å². The normalized spacial score (nSPS) is 10.9. The number of hydrogen-bond acceptors (Lipinski definition) is 2. The van der Waals surface area contributed by atoms with Gasteiger partial charge in [0.1, 0.15) is 0 Å². The molecule has 3 nitrogen and oxygen atoms in total. The quantitative estimate of drug-likeness (QED) is 0.488. The Hall–Kier alpha value is -0.570. The van der Waals surface area contributed by atoms with Gasteiger partial charge in [-0.25, -0.2) is 4.79 Å². The van der Waals surface area contributed by atoms with Gasteiger partial charge >= 0.3 is 6.47 Å². The highest BCUT2D eigenvalue weighted by atomic mass is 16.7. The summed E-state index contributed by atoms with van der Waals surface area (Å²) in [6.07, 6.45) is 0. The minimum atomic E-state index is -0.308. The van der Waals surface area contributed by atoms with Crippen LogP contribution >= 0.6 is 0 Å². The number of nitrogens with zero attached hydrogens (tertiary/aromatic N) is 1. The Labute approximate surface area is 49.0 Å². The lowest BCUT2D eigenvalue weighted by Gasteiger charge is -2.12. The molecule has 0 rings (SSSR count). The molecule has 0 aliphatic rings. The molecule has 8 heavy (non-hydrogen) atoms. The summed E-state index contributed by atoms with van der Waals surface area (Å²) in [5.41, 5.74) is 3.14. The average molecular weight is 115 g/mol. The molecule has 0 amide bonds. The van der Waals surface area contributed by atoms with Crippen molar-refractivity contribution in [3.05, 3.63) is 0 Å². The molecule has 0 spiro atoms. The van der Waals surface area contributed by atoms with E-state index < -0.39 is 0 Å². The van der Waals surface area contributed by atoms with Crippen LogP contribution in [-0.2, 0) is 9.63 Å². The summed E-state index contributed by atoms with van der Waals surface area (Å²) in [7, 11) is 0. The van der Waals surface area contributed by atoms with E-state index in [4.69, 9.17) is 0 Å². The minimum Gasteiger partial charge on any atom is -0.340 e. The van der Waals surface area contributed by atoms with Gasteiger partial charge in [-0.2, -0.15) is 0 Å². The smallest absolute Gasteiger partial charge is 0.340 e. The molecule has 46 valence electrons. The van der Waals surface area contributed by atoms with Crippen molar-refractivity contribution < 1.29 is 9.63 Å². The second-order valence-electron chi connectivity index (χ2n) is 2.44. The predicted molar refractivity (Wildman–Crippen MR) is 28.7 cm³/mol. The molecule has 0 heterocycles. The van der Waals surface area contributed by atoms with Crippen molar-refractivity contribution in [2.45, 2.75) is 26.3 Å². The van der Waals surface area contributed by atoms with Crippen LogP contribution in [0.5, 0.6) is 0 Å². The molecule has 3 heteroatoms. The lowest BCUT2D eigenvalue weighted by Crippen LogP contribution is -2.28. The third-order valence-electron chi connectivity index (χ3n) is 0.357. The Bertz CT molecular complexity index is 75.0. The number of carbonyl (C=O) groups excluding carboxylic acids is 1. The molecule has 0 aromatic rings. The van der Waals surface area contributed by atoms with Gasteiger partial charge in [0, 0.05) is 0 Å². The van der Waals surface area contributed by atoms with Crippen molar-refractivity contribution >= 4 is 6.47 Å². The molecule has 0 N–H and O–H groups in total. The zero-order valence-electron chi connectivity index (χ0n) is 5.26. The fraction of sp³-hybridized carbons (Fsp3) is 0.800. The summed E-state index contributed by atoms with van der Waals surface area (Å²) in [5.74, 6) is 0. The lowest BCUT2D eigenvalue weighted by molar-refractivity contribution is 0.0894. The van der Waals surface area contributed by atoms with Crippen LogP contribution in [0.3, 0.4) is 0 Å². The van der Waals surface area contributed by atoms with Gasteiger partial charge in [0.15, 0.2) is 0 Å². The Kier molecular flexibility index (Phi) is 2.48. The van der Waals surface area contributed by atoms with Crippen LogP contribution in [0.1, 0.15) is 20.8 Å². The molecular formula is C5H9NO2. The second kappa shape index (κ2) is 2.67. The third kappa shape index (κ3) is 5.43. The summed E-state index contributed by atoms with van der Waals surface area (Å²) in [6.45, 7) is 6.68. The molecule has 2 radical (unpaired) electrons. The monoisotopic (exact) mass is 115 g/mol. The molecule has 0 saturated carbocycles. The summed E-state index contributed by atoms with van der Waals surface area (Å²) in [4.78, 5) is 13.4. The Morgan fingerprint density at radius 2 is 2.00 bits per heavy atom. The standard InChI is InChI=1S/C5H9NO2/c1-5(2,3)6-8-4-7/h1-3H3. The van der Waals surface area contributed by atoms with E-state index in [0.717, 1.165) is 0 Å². The zero-order chi connectivity index (χ0) is 6.62. The molecule has 0 atom stereocenters. The van der Waals surface area contributed by atoms with Crippen molar-refractivity contribution in [2.24, 2.45) is 0 Å². The molecule has 0 fully saturated rings. The van der Waals surface area contributed by atoms with Gasteiger partial charge in [-0.15, -0.1) is 0 Å². The van der Waals surface area contributed by atoms with Crippen LogP contribution in [-0.4, -0.2) is 12.0 Å². The fourth-order valence-electron chi connectivity index (χ4n) is 0.156. The van der Waals surface area contributed by atoms with Crippen molar-refractivity contribution in [1.29, 1.82) is 0 Å². The first-order chi connectivity index (χ1) is 3.56. The second-order valence-corrected chi connectivity index (χ2v) is 2.44. The van der Waals surface area contributed by atoms with Gasteiger partial charge in [-0.3, -0.25) is 0 Å². The van der Waals surface area contributed by atoms with Crippen molar-refractivity contribution in [2.75, 3.05) is 0 Å². The highest BCUT2D eigenvalue weighted by molar-refractivity contribution is 5.37. The predicted octanol–water partition coefficient (Wildman–Crippen LogP) is 0.388. The summed E-state index contributed by atoms with van der Waals surface area (Å²) in [5, 5.41) is 0. The minimum absolute atomic E-state index is 0.308. The van der Waals surface area contributed by atoms with Gasteiger partial charge in [0.05, 0.1) is 5.54 Å². The van der Waals surface area contributed by atoms with E-state index in [1.54, 1.807) is 0 Å². The number of rotatable bonds is 2.